The Balaban J connectivity index is 1.59. The van der Waals surface area contributed by atoms with Gasteiger partial charge in [-0.05, 0) is 32.4 Å². The highest BCUT2D eigenvalue weighted by molar-refractivity contribution is 5.96. The fourth-order valence-electron chi connectivity index (χ4n) is 4.07. The lowest BCUT2D eigenvalue weighted by atomic mass is 10.1. The zero-order valence-corrected chi connectivity index (χ0v) is 18.3. The second kappa shape index (κ2) is 8.07. The number of benzene rings is 1. The number of cyclic esters (lactones) is 1. The molecular weight excluding hydrogens is 408 g/mol. The number of carbonyl (C=O) groups excluding carboxylic acids is 1. The maximum absolute atomic E-state index is 11.8. The molecule has 1 aromatic carbocycles. The third kappa shape index (κ3) is 3.59. The summed E-state index contributed by atoms with van der Waals surface area (Å²) in [5.41, 5.74) is 5.35. The van der Waals surface area contributed by atoms with Crippen molar-refractivity contribution in [2.75, 3.05) is 11.9 Å². The molecule has 5 rings (SSSR count). The van der Waals surface area contributed by atoms with Crippen LogP contribution in [0.1, 0.15) is 30.9 Å². The molecule has 3 aromatic heterocycles. The fourth-order valence-corrected chi connectivity index (χ4v) is 4.07. The zero-order chi connectivity index (χ0) is 22.2. The molecule has 32 heavy (non-hydrogen) atoms. The van der Waals surface area contributed by atoms with Crippen LogP contribution in [0, 0.1) is 13.8 Å². The number of aromatic nitrogens is 5. The third-order valence-electron chi connectivity index (χ3n) is 5.72. The van der Waals surface area contributed by atoms with Crippen LogP contribution in [0.15, 0.2) is 35.0 Å². The van der Waals surface area contributed by atoms with Crippen LogP contribution in [0.4, 0.5) is 5.69 Å². The Labute approximate surface area is 184 Å². The molecular formula is C23H24N6O3. The monoisotopic (exact) mass is 432 g/mol. The molecule has 0 radical (unpaired) electrons. The van der Waals surface area contributed by atoms with Crippen LogP contribution >= 0.6 is 0 Å². The summed E-state index contributed by atoms with van der Waals surface area (Å²) in [6.07, 6.45) is 4.51. The summed E-state index contributed by atoms with van der Waals surface area (Å²) in [7, 11) is 0. The van der Waals surface area contributed by atoms with Gasteiger partial charge in [0.25, 0.3) is 5.89 Å². The fraction of sp³-hybridized carbons (Fsp3) is 0.348. The van der Waals surface area contributed by atoms with Crippen LogP contribution in [0.2, 0.25) is 0 Å². The molecule has 0 spiro atoms. The second-order valence-electron chi connectivity index (χ2n) is 8.03. The van der Waals surface area contributed by atoms with Gasteiger partial charge in [0.1, 0.15) is 0 Å². The number of hydrogen-bond acceptors (Lipinski definition) is 8. The quantitative estimate of drug-likeness (QED) is 0.473. The minimum atomic E-state index is -0.209. The largest absolute Gasteiger partial charge is 0.466 e. The van der Waals surface area contributed by atoms with E-state index in [9.17, 15) is 4.79 Å². The van der Waals surface area contributed by atoms with Crippen molar-refractivity contribution in [1.82, 2.24) is 25.0 Å². The standard InChI is InChI=1S/C23H24N6O3/c1-4-29-21-17(12-25-29)20(26-15-7-8-31-19(30)10-15)18(11-24-21)23-28-27-22(32-23)16-6-5-13(2)9-14(16)3/h5-6,9,11-12,15H,4,7-8,10H2,1-3H3,(H,24,26). The van der Waals surface area contributed by atoms with Crippen molar-refractivity contribution in [2.24, 2.45) is 0 Å². The number of hydrogen-bond donors (Lipinski definition) is 1. The van der Waals surface area contributed by atoms with E-state index in [-0.39, 0.29) is 12.0 Å². The Morgan fingerprint density at radius 3 is 2.72 bits per heavy atom. The minimum absolute atomic E-state index is 0.0627. The number of anilines is 1. The van der Waals surface area contributed by atoms with Crippen molar-refractivity contribution in [3.05, 3.63) is 41.7 Å². The molecule has 1 N–H and O–H groups in total. The molecule has 1 atom stereocenters. The van der Waals surface area contributed by atoms with Crippen molar-refractivity contribution in [2.45, 2.75) is 46.2 Å². The number of esters is 1. The minimum Gasteiger partial charge on any atom is -0.466 e. The smallest absolute Gasteiger partial charge is 0.307 e. The number of aryl methyl sites for hydroxylation is 3. The third-order valence-corrected chi connectivity index (χ3v) is 5.72. The summed E-state index contributed by atoms with van der Waals surface area (Å²) in [5, 5.41) is 17.4. The van der Waals surface area contributed by atoms with E-state index < -0.39 is 0 Å². The lowest BCUT2D eigenvalue weighted by Crippen LogP contribution is -2.31. The van der Waals surface area contributed by atoms with Gasteiger partial charge in [0.15, 0.2) is 5.65 Å². The first-order chi connectivity index (χ1) is 15.5. The molecule has 164 valence electrons. The molecule has 1 aliphatic rings. The maximum Gasteiger partial charge on any atom is 0.307 e. The summed E-state index contributed by atoms with van der Waals surface area (Å²) in [6, 6.07) is 6.03. The summed E-state index contributed by atoms with van der Waals surface area (Å²) < 4.78 is 13.0. The van der Waals surface area contributed by atoms with Crippen molar-refractivity contribution in [3.63, 3.8) is 0 Å². The number of carbonyl (C=O) groups is 1. The van der Waals surface area contributed by atoms with Crippen LogP contribution in [0.5, 0.6) is 0 Å². The average molecular weight is 432 g/mol. The van der Waals surface area contributed by atoms with Gasteiger partial charge >= 0.3 is 5.97 Å². The first-order valence-electron chi connectivity index (χ1n) is 10.7. The lowest BCUT2D eigenvalue weighted by molar-refractivity contribution is -0.147. The van der Waals surface area contributed by atoms with E-state index in [0.717, 1.165) is 27.8 Å². The molecule has 1 fully saturated rings. The number of fused-ring (bicyclic) bond motifs is 1. The summed E-state index contributed by atoms with van der Waals surface area (Å²) in [6.45, 7) is 7.18. The highest BCUT2D eigenvalue weighted by Gasteiger charge is 2.25. The first kappa shape index (κ1) is 20.2. The first-order valence-corrected chi connectivity index (χ1v) is 10.7. The van der Waals surface area contributed by atoms with Crippen LogP contribution in [0.3, 0.4) is 0 Å². The number of nitrogens with zero attached hydrogens (tertiary/aromatic N) is 5. The predicted molar refractivity (Wildman–Crippen MR) is 119 cm³/mol. The van der Waals surface area contributed by atoms with Gasteiger partial charge < -0.3 is 14.5 Å². The summed E-state index contributed by atoms with van der Waals surface area (Å²) >= 11 is 0. The molecule has 0 aliphatic carbocycles. The topological polar surface area (TPSA) is 108 Å². The number of rotatable bonds is 5. The number of nitrogens with one attached hydrogen (secondary N) is 1. The van der Waals surface area contributed by atoms with Gasteiger partial charge in [0.05, 0.1) is 35.9 Å². The molecule has 1 unspecified atom stereocenters. The molecule has 9 heteroatoms. The average Bonchev–Trinajstić information content (AvgIpc) is 3.41. The van der Waals surface area contributed by atoms with E-state index in [1.54, 1.807) is 12.4 Å². The van der Waals surface area contributed by atoms with E-state index in [4.69, 9.17) is 9.15 Å². The van der Waals surface area contributed by atoms with Gasteiger partial charge in [-0.2, -0.15) is 5.10 Å². The molecule has 0 saturated carbocycles. The number of ether oxygens (including phenoxy) is 1. The van der Waals surface area contributed by atoms with E-state index in [0.29, 0.717) is 43.3 Å². The van der Waals surface area contributed by atoms with Gasteiger partial charge in [0.2, 0.25) is 5.89 Å². The predicted octanol–water partition coefficient (Wildman–Crippen LogP) is 3.90. The van der Waals surface area contributed by atoms with Crippen molar-refractivity contribution < 1.29 is 13.9 Å². The molecule has 4 aromatic rings. The second-order valence-corrected chi connectivity index (χ2v) is 8.03. The van der Waals surface area contributed by atoms with E-state index >= 15 is 0 Å². The molecule has 0 bridgehead atoms. The summed E-state index contributed by atoms with van der Waals surface area (Å²) in [5.74, 6) is 0.605. The van der Waals surface area contributed by atoms with Crippen molar-refractivity contribution in [3.8, 4) is 22.9 Å². The van der Waals surface area contributed by atoms with Crippen LogP contribution in [-0.2, 0) is 16.1 Å². The Bertz CT molecular complexity index is 1310. The van der Waals surface area contributed by atoms with Crippen LogP contribution in [-0.4, -0.2) is 43.6 Å². The van der Waals surface area contributed by atoms with Gasteiger partial charge in [0, 0.05) is 30.8 Å². The lowest BCUT2D eigenvalue weighted by Gasteiger charge is -2.24. The van der Waals surface area contributed by atoms with Crippen molar-refractivity contribution in [1.29, 1.82) is 0 Å². The van der Waals surface area contributed by atoms with Crippen LogP contribution in [0.25, 0.3) is 33.9 Å². The van der Waals surface area contributed by atoms with Gasteiger partial charge in [-0.25, -0.2) is 9.67 Å². The van der Waals surface area contributed by atoms with Gasteiger partial charge in [-0.1, -0.05) is 17.7 Å². The van der Waals surface area contributed by atoms with E-state index in [2.05, 4.69) is 31.7 Å². The Hall–Kier alpha value is -3.75. The molecule has 0 amide bonds. The SMILES string of the molecule is CCn1ncc2c(NC3CCOC(=O)C3)c(-c3nnc(-c4ccc(C)cc4C)o3)cnc21. The van der Waals surface area contributed by atoms with E-state index in [1.807, 2.05) is 37.6 Å². The zero-order valence-electron chi connectivity index (χ0n) is 18.3. The number of pyridine rings is 1. The Morgan fingerprint density at radius 1 is 1.16 bits per heavy atom. The highest BCUT2D eigenvalue weighted by Crippen LogP contribution is 2.36. The Morgan fingerprint density at radius 2 is 1.97 bits per heavy atom. The molecule has 9 nitrogen and oxygen atoms in total. The van der Waals surface area contributed by atoms with Gasteiger partial charge in [-0.3, -0.25) is 4.79 Å². The van der Waals surface area contributed by atoms with Crippen molar-refractivity contribution >= 4 is 22.7 Å². The molecule has 1 saturated heterocycles. The maximum atomic E-state index is 11.8. The molecule has 4 heterocycles. The Kier molecular flexibility index (Phi) is 5.08. The highest BCUT2D eigenvalue weighted by atomic mass is 16.5. The van der Waals surface area contributed by atoms with Crippen LogP contribution < -0.4 is 5.32 Å². The van der Waals surface area contributed by atoms with E-state index in [1.165, 1.54) is 5.56 Å². The van der Waals surface area contributed by atoms with Gasteiger partial charge in [-0.15, -0.1) is 10.2 Å². The summed E-state index contributed by atoms with van der Waals surface area (Å²) in [4.78, 5) is 16.4. The normalized spacial score (nSPS) is 16.3. The molecule has 1 aliphatic heterocycles.